The first-order valence-corrected chi connectivity index (χ1v) is 10.3. The average Bonchev–Trinajstić information content (AvgIpc) is 2.61. The number of carbonyl (C=O) groups excluding carboxylic acids is 1. The minimum absolute atomic E-state index is 0.0901. The molecule has 1 aromatic heterocycles. The van der Waals surface area contributed by atoms with Crippen LogP contribution in [0.25, 0.3) is 0 Å². The predicted octanol–water partition coefficient (Wildman–Crippen LogP) is 1.55. The fourth-order valence-electron chi connectivity index (χ4n) is 2.29. The van der Waals surface area contributed by atoms with Crippen molar-refractivity contribution in [2.24, 2.45) is 11.1 Å². The minimum Gasteiger partial charge on any atom is -0.368 e. The second kappa shape index (κ2) is 9.43. The van der Waals surface area contributed by atoms with Gasteiger partial charge in [-0.15, -0.1) is 10.2 Å². The summed E-state index contributed by atoms with van der Waals surface area (Å²) in [6.45, 7) is 5.40. The van der Waals surface area contributed by atoms with E-state index in [1.807, 2.05) is 0 Å². The van der Waals surface area contributed by atoms with Gasteiger partial charge in [-0.1, -0.05) is 26.0 Å². The largest absolute Gasteiger partial charge is 0.368 e. The number of hydrogen-bond donors (Lipinski definition) is 3. The Balaban J connectivity index is 1.80. The van der Waals surface area contributed by atoms with Gasteiger partial charge in [0, 0.05) is 13.1 Å². The molecule has 1 amide bonds. The highest BCUT2D eigenvalue weighted by Gasteiger charge is 2.08. The second-order valence-corrected chi connectivity index (χ2v) is 8.17. The predicted molar refractivity (Wildman–Crippen MR) is 104 cm³/mol. The van der Waals surface area contributed by atoms with Crippen molar-refractivity contribution in [2.75, 3.05) is 18.4 Å². The zero-order valence-corrected chi connectivity index (χ0v) is 16.3. The summed E-state index contributed by atoms with van der Waals surface area (Å²) in [6, 6.07) is 9.74. The van der Waals surface area contributed by atoms with Crippen molar-refractivity contribution in [3.63, 3.8) is 0 Å². The highest BCUT2D eigenvalue weighted by Crippen LogP contribution is 2.10. The Labute approximate surface area is 159 Å². The van der Waals surface area contributed by atoms with Gasteiger partial charge in [-0.3, -0.25) is 4.79 Å². The Morgan fingerprint density at radius 3 is 2.33 bits per heavy atom. The molecule has 0 fully saturated rings. The molecular weight excluding hydrogens is 366 g/mol. The number of carbonyl (C=O) groups is 1. The number of primary sulfonamides is 1. The number of nitrogens with two attached hydrogens (primary N) is 1. The number of anilines is 1. The smallest absolute Gasteiger partial charge is 0.271 e. The SMILES string of the molecule is CC(C)CCNC(=O)c1ccc(NCCc2ccc(S(N)(=O)=O)cc2)nn1. The van der Waals surface area contributed by atoms with Crippen LogP contribution in [0.1, 0.15) is 36.3 Å². The van der Waals surface area contributed by atoms with Gasteiger partial charge in [0.1, 0.15) is 5.82 Å². The van der Waals surface area contributed by atoms with Gasteiger partial charge < -0.3 is 10.6 Å². The summed E-state index contributed by atoms with van der Waals surface area (Å²) < 4.78 is 22.5. The Morgan fingerprint density at radius 1 is 1.07 bits per heavy atom. The molecule has 146 valence electrons. The van der Waals surface area contributed by atoms with Gasteiger partial charge in [-0.05, 0) is 48.6 Å². The second-order valence-electron chi connectivity index (χ2n) is 6.61. The van der Waals surface area contributed by atoms with E-state index in [9.17, 15) is 13.2 Å². The maximum absolute atomic E-state index is 11.9. The van der Waals surface area contributed by atoms with Gasteiger partial charge in [0.15, 0.2) is 5.69 Å². The number of aromatic nitrogens is 2. The van der Waals surface area contributed by atoms with Crippen LogP contribution < -0.4 is 15.8 Å². The Bertz CT molecular complexity index is 850. The van der Waals surface area contributed by atoms with Crippen LogP contribution in [0.3, 0.4) is 0 Å². The summed E-state index contributed by atoms with van der Waals surface area (Å²) in [4.78, 5) is 12.0. The molecule has 0 atom stereocenters. The molecule has 0 saturated heterocycles. The van der Waals surface area contributed by atoms with Gasteiger partial charge >= 0.3 is 0 Å². The van der Waals surface area contributed by atoms with E-state index < -0.39 is 10.0 Å². The Morgan fingerprint density at radius 2 is 1.78 bits per heavy atom. The number of benzene rings is 1. The first-order chi connectivity index (χ1) is 12.8. The van der Waals surface area contributed by atoms with Crippen molar-refractivity contribution in [1.29, 1.82) is 0 Å². The Kier molecular flexibility index (Phi) is 7.26. The van der Waals surface area contributed by atoms with E-state index in [4.69, 9.17) is 5.14 Å². The van der Waals surface area contributed by atoms with Crippen LogP contribution in [0.4, 0.5) is 5.82 Å². The Hall–Kier alpha value is -2.52. The number of sulfonamides is 1. The molecule has 0 spiro atoms. The van der Waals surface area contributed by atoms with E-state index in [-0.39, 0.29) is 16.5 Å². The molecule has 1 heterocycles. The summed E-state index contributed by atoms with van der Waals surface area (Å²) in [6.07, 6.45) is 1.58. The van der Waals surface area contributed by atoms with Crippen LogP contribution >= 0.6 is 0 Å². The van der Waals surface area contributed by atoms with Gasteiger partial charge in [0.25, 0.3) is 5.91 Å². The molecule has 0 radical (unpaired) electrons. The summed E-state index contributed by atoms with van der Waals surface area (Å²) in [5.41, 5.74) is 1.24. The van der Waals surface area contributed by atoms with E-state index in [0.29, 0.717) is 31.2 Å². The van der Waals surface area contributed by atoms with Crippen molar-refractivity contribution < 1.29 is 13.2 Å². The third-order valence-electron chi connectivity index (χ3n) is 3.88. The minimum atomic E-state index is -3.67. The molecule has 0 unspecified atom stereocenters. The van der Waals surface area contributed by atoms with Crippen LogP contribution in [0.15, 0.2) is 41.3 Å². The van der Waals surface area contributed by atoms with E-state index in [1.165, 1.54) is 12.1 Å². The summed E-state index contributed by atoms with van der Waals surface area (Å²) >= 11 is 0. The average molecular weight is 391 g/mol. The molecule has 27 heavy (non-hydrogen) atoms. The molecule has 9 heteroatoms. The number of amides is 1. The van der Waals surface area contributed by atoms with Crippen molar-refractivity contribution >= 4 is 21.7 Å². The molecule has 4 N–H and O–H groups in total. The van der Waals surface area contributed by atoms with E-state index >= 15 is 0 Å². The number of nitrogens with zero attached hydrogens (tertiary/aromatic N) is 2. The molecule has 2 rings (SSSR count). The fourth-order valence-corrected chi connectivity index (χ4v) is 2.81. The molecule has 0 aliphatic rings. The topological polar surface area (TPSA) is 127 Å². The monoisotopic (exact) mass is 391 g/mol. The van der Waals surface area contributed by atoms with Crippen LogP contribution in [-0.2, 0) is 16.4 Å². The van der Waals surface area contributed by atoms with Crippen molar-refractivity contribution in [3.8, 4) is 0 Å². The normalized spacial score (nSPS) is 11.4. The standard InChI is InChI=1S/C18H25N5O3S/c1-13(2)9-11-21-18(24)16-7-8-17(23-22-16)20-12-10-14-3-5-15(6-4-14)27(19,25)26/h3-8,13H,9-12H2,1-2H3,(H,20,23)(H,21,24)(H2,19,25,26). The molecule has 1 aromatic carbocycles. The van der Waals surface area contributed by atoms with Crippen LogP contribution in [0.2, 0.25) is 0 Å². The zero-order valence-electron chi connectivity index (χ0n) is 15.5. The molecular formula is C18H25N5O3S. The molecule has 0 saturated carbocycles. The van der Waals surface area contributed by atoms with Crippen LogP contribution in [-0.4, -0.2) is 37.6 Å². The molecule has 0 aliphatic heterocycles. The number of hydrogen-bond acceptors (Lipinski definition) is 6. The van der Waals surface area contributed by atoms with Gasteiger partial charge in [-0.25, -0.2) is 13.6 Å². The van der Waals surface area contributed by atoms with E-state index in [0.717, 1.165) is 12.0 Å². The summed E-state index contributed by atoms with van der Waals surface area (Å²) in [7, 11) is -3.67. The maximum Gasteiger partial charge on any atom is 0.271 e. The summed E-state index contributed by atoms with van der Waals surface area (Å²) in [5, 5.41) is 18.9. The summed E-state index contributed by atoms with van der Waals surface area (Å²) in [5.74, 6) is 0.860. The van der Waals surface area contributed by atoms with Crippen LogP contribution in [0, 0.1) is 5.92 Å². The van der Waals surface area contributed by atoms with Crippen molar-refractivity contribution in [3.05, 3.63) is 47.7 Å². The lowest BCUT2D eigenvalue weighted by atomic mass is 10.1. The van der Waals surface area contributed by atoms with Crippen molar-refractivity contribution in [2.45, 2.75) is 31.6 Å². The third-order valence-corrected chi connectivity index (χ3v) is 4.81. The van der Waals surface area contributed by atoms with Gasteiger partial charge in [-0.2, -0.15) is 0 Å². The molecule has 0 bridgehead atoms. The maximum atomic E-state index is 11.9. The third kappa shape index (κ3) is 6.95. The fraction of sp³-hybridized carbons (Fsp3) is 0.389. The number of nitrogens with one attached hydrogen (secondary N) is 2. The van der Waals surface area contributed by atoms with Crippen molar-refractivity contribution in [1.82, 2.24) is 15.5 Å². The molecule has 0 aliphatic carbocycles. The molecule has 2 aromatic rings. The van der Waals surface area contributed by atoms with E-state index in [1.54, 1.807) is 24.3 Å². The molecule has 8 nitrogen and oxygen atoms in total. The van der Waals surface area contributed by atoms with E-state index in [2.05, 4.69) is 34.7 Å². The van der Waals surface area contributed by atoms with Gasteiger partial charge in [0.05, 0.1) is 4.90 Å². The van der Waals surface area contributed by atoms with Crippen LogP contribution in [0.5, 0.6) is 0 Å². The first-order valence-electron chi connectivity index (χ1n) is 8.73. The van der Waals surface area contributed by atoms with Gasteiger partial charge in [0.2, 0.25) is 10.0 Å². The number of rotatable bonds is 9. The highest BCUT2D eigenvalue weighted by atomic mass is 32.2. The first kappa shape index (κ1) is 20.8. The lowest BCUT2D eigenvalue weighted by Gasteiger charge is -2.08. The highest BCUT2D eigenvalue weighted by molar-refractivity contribution is 7.89. The zero-order chi connectivity index (χ0) is 19.9. The lowest BCUT2D eigenvalue weighted by molar-refractivity contribution is 0.0946. The lowest BCUT2D eigenvalue weighted by Crippen LogP contribution is -2.26. The quantitative estimate of drug-likeness (QED) is 0.595.